The molecule has 0 saturated carbocycles. The van der Waals surface area contributed by atoms with Gasteiger partial charge >= 0.3 is 12.0 Å². The topological polar surface area (TPSA) is 63.7 Å². The van der Waals surface area contributed by atoms with E-state index >= 15 is 0 Å². The van der Waals surface area contributed by atoms with E-state index in [0.29, 0.717) is 5.02 Å². The van der Waals surface area contributed by atoms with Gasteiger partial charge in [-0.15, -0.1) is 0 Å². The number of imide groups is 1. The summed E-state index contributed by atoms with van der Waals surface area (Å²) in [4.78, 5) is 35.4. The first-order valence-corrected chi connectivity index (χ1v) is 5.26. The van der Waals surface area contributed by atoms with Gasteiger partial charge in [0.1, 0.15) is 6.61 Å². The Hall–Kier alpha value is -1.88. The number of hydrogen-bond acceptors (Lipinski definition) is 4. The number of halogens is 1. The molecule has 0 aliphatic carbocycles. The molecular weight excluding hydrogens is 246 g/mol. The lowest BCUT2D eigenvalue weighted by atomic mass is 10.1. The van der Waals surface area contributed by atoms with Crippen LogP contribution in [0, 0.1) is 0 Å². The van der Waals surface area contributed by atoms with Gasteiger partial charge in [0.15, 0.2) is 0 Å². The molecule has 0 aromatic heterocycles. The largest absolute Gasteiger partial charge is 0.447 e. The van der Waals surface area contributed by atoms with Crippen molar-refractivity contribution in [3.63, 3.8) is 0 Å². The first kappa shape index (κ1) is 11.6. The summed E-state index contributed by atoms with van der Waals surface area (Å²) < 4.78 is 4.58. The van der Waals surface area contributed by atoms with E-state index < -0.39 is 17.8 Å². The minimum Gasteiger partial charge on any atom is -0.447 e. The van der Waals surface area contributed by atoms with Crippen LogP contribution in [-0.4, -0.2) is 35.8 Å². The van der Waals surface area contributed by atoms with Crippen molar-refractivity contribution in [3.8, 4) is 0 Å². The lowest BCUT2D eigenvalue weighted by Gasteiger charge is -2.09. The first-order chi connectivity index (χ1) is 8.09. The molecule has 1 heterocycles. The molecule has 1 aromatic rings. The second kappa shape index (κ2) is 4.55. The van der Waals surface area contributed by atoms with Crippen LogP contribution in [0.2, 0.25) is 5.02 Å². The summed E-state index contributed by atoms with van der Waals surface area (Å²) in [5, 5.41) is 0.354. The molecule has 2 amide bonds. The SMILES string of the molecule is O=C(C(=O)N1CCOC1=O)c1cccc(Cl)c1. The molecule has 1 saturated heterocycles. The number of rotatable bonds is 2. The number of hydrogen-bond donors (Lipinski definition) is 0. The predicted molar refractivity (Wildman–Crippen MR) is 58.8 cm³/mol. The van der Waals surface area contributed by atoms with Crippen LogP contribution in [0.1, 0.15) is 10.4 Å². The highest BCUT2D eigenvalue weighted by Crippen LogP contribution is 2.13. The van der Waals surface area contributed by atoms with Crippen molar-refractivity contribution >= 4 is 29.4 Å². The Kier molecular flexibility index (Phi) is 3.10. The van der Waals surface area contributed by atoms with Crippen molar-refractivity contribution in [3.05, 3.63) is 34.9 Å². The van der Waals surface area contributed by atoms with E-state index in [4.69, 9.17) is 11.6 Å². The zero-order chi connectivity index (χ0) is 12.4. The number of benzene rings is 1. The minimum atomic E-state index is -0.894. The zero-order valence-electron chi connectivity index (χ0n) is 8.68. The van der Waals surface area contributed by atoms with E-state index in [0.717, 1.165) is 4.90 Å². The van der Waals surface area contributed by atoms with Crippen molar-refractivity contribution in [2.24, 2.45) is 0 Å². The summed E-state index contributed by atoms with van der Waals surface area (Å²) in [5.41, 5.74) is 0.155. The maximum absolute atomic E-state index is 11.8. The average molecular weight is 254 g/mol. The van der Waals surface area contributed by atoms with Crippen LogP contribution in [0.3, 0.4) is 0 Å². The zero-order valence-corrected chi connectivity index (χ0v) is 9.44. The fourth-order valence-electron chi connectivity index (χ4n) is 1.45. The Bertz CT molecular complexity index is 500. The summed E-state index contributed by atoms with van der Waals surface area (Å²) >= 11 is 5.71. The van der Waals surface area contributed by atoms with Crippen LogP contribution >= 0.6 is 11.6 Å². The number of ketones is 1. The molecule has 0 bridgehead atoms. The number of amides is 2. The molecule has 1 fully saturated rings. The quantitative estimate of drug-likeness (QED) is 0.592. The number of carbonyl (C=O) groups excluding carboxylic acids is 3. The van der Waals surface area contributed by atoms with Crippen molar-refractivity contribution in [1.82, 2.24) is 4.90 Å². The number of ether oxygens (including phenoxy) is 1. The molecule has 0 radical (unpaired) electrons. The molecule has 1 aromatic carbocycles. The number of cyclic esters (lactones) is 1. The summed E-state index contributed by atoms with van der Waals surface area (Å²) in [6.07, 6.45) is -0.787. The second-order valence-corrected chi connectivity index (χ2v) is 3.85. The molecule has 0 atom stereocenters. The average Bonchev–Trinajstić information content (AvgIpc) is 2.73. The highest BCUT2D eigenvalue weighted by molar-refractivity contribution is 6.45. The lowest BCUT2D eigenvalue weighted by Crippen LogP contribution is -2.37. The van der Waals surface area contributed by atoms with E-state index in [2.05, 4.69) is 4.74 Å². The maximum atomic E-state index is 11.8. The van der Waals surface area contributed by atoms with E-state index in [9.17, 15) is 14.4 Å². The summed E-state index contributed by atoms with van der Waals surface area (Å²) in [7, 11) is 0. The molecule has 1 aliphatic heterocycles. The molecule has 2 rings (SSSR count). The summed E-state index contributed by atoms with van der Waals surface area (Å²) in [5.74, 6) is -1.67. The van der Waals surface area contributed by atoms with Gasteiger partial charge in [0.2, 0.25) is 0 Å². The molecule has 6 heteroatoms. The van der Waals surface area contributed by atoms with Crippen LogP contribution < -0.4 is 0 Å². The van der Waals surface area contributed by atoms with E-state index in [-0.39, 0.29) is 18.7 Å². The van der Waals surface area contributed by atoms with Crippen LogP contribution in [-0.2, 0) is 9.53 Å². The molecular formula is C11H8ClNO4. The second-order valence-electron chi connectivity index (χ2n) is 3.41. The first-order valence-electron chi connectivity index (χ1n) is 4.88. The molecule has 17 heavy (non-hydrogen) atoms. The third-order valence-electron chi connectivity index (χ3n) is 2.29. The van der Waals surface area contributed by atoms with Crippen molar-refractivity contribution in [2.45, 2.75) is 0 Å². The molecule has 88 valence electrons. The van der Waals surface area contributed by atoms with E-state index in [1.807, 2.05) is 0 Å². The third-order valence-corrected chi connectivity index (χ3v) is 2.52. The van der Waals surface area contributed by atoms with Crippen LogP contribution in [0.5, 0.6) is 0 Å². The molecule has 5 nitrogen and oxygen atoms in total. The minimum absolute atomic E-state index is 0.101. The normalized spacial score (nSPS) is 14.6. The molecule has 0 N–H and O–H groups in total. The highest BCUT2D eigenvalue weighted by atomic mass is 35.5. The number of Topliss-reactive ketones (excluding diaryl/α,β-unsaturated/α-hetero) is 1. The Balaban J connectivity index is 2.20. The Morgan fingerprint density at radius 3 is 2.71 bits per heavy atom. The van der Waals surface area contributed by atoms with E-state index in [1.165, 1.54) is 12.1 Å². The van der Waals surface area contributed by atoms with Crippen molar-refractivity contribution < 1.29 is 19.1 Å². The maximum Gasteiger partial charge on any atom is 0.417 e. The molecule has 0 spiro atoms. The van der Waals surface area contributed by atoms with Gasteiger partial charge in [-0.1, -0.05) is 23.7 Å². The summed E-state index contributed by atoms with van der Waals surface area (Å²) in [6, 6.07) is 5.99. The number of carbonyl (C=O) groups is 3. The third kappa shape index (κ3) is 2.29. The van der Waals surface area contributed by atoms with Gasteiger partial charge in [0.25, 0.3) is 5.78 Å². The summed E-state index contributed by atoms with van der Waals surface area (Å²) in [6.45, 7) is 0.220. The van der Waals surface area contributed by atoms with E-state index in [1.54, 1.807) is 12.1 Å². The Morgan fingerprint density at radius 1 is 1.35 bits per heavy atom. The standard InChI is InChI=1S/C11H8ClNO4/c12-8-3-1-2-7(6-8)9(14)10(15)13-4-5-17-11(13)16/h1-3,6H,4-5H2. The van der Waals surface area contributed by atoms with Gasteiger partial charge in [-0.25, -0.2) is 9.69 Å². The van der Waals surface area contributed by atoms with Gasteiger partial charge in [-0.3, -0.25) is 9.59 Å². The van der Waals surface area contributed by atoms with Crippen LogP contribution in [0.15, 0.2) is 24.3 Å². The number of nitrogens with zero attached hydrogens (tertiary/aromatic N) is 1. The predicted octanol–water partition coefficient (Wildman–Crippen LogP) is 1.50. The van der Waals surface area contributed by atoms with Gasteiger partial charge in [0, 0.05) is 10.6 Å². The Morgan fingerprint density at radius 2 is 2.12 bits per heavy atom. The van der Waals surface area contributed by atoms with Gasteiger partial charge in [0.05, 0.1) is 6.54 Å². The smallest absolute Gasteiger partial charge is 0.417 e. The molecule has 0 unspecified atom stereocenters. The highest BCUT2D eigenvalue weighted by Gasteiger charge is 2.33. The monoisotopic (exact) mass is 253 g/mol. The van der Waals surface area contributed by atoms with Crippen molar-refractivity contribution in [1.29, 1.82) is 0 Å². The lowest BCUT2D eigenvalue weighted by molar-refractivity contribution is -0.123. The van der Waals surface area contributed by atoms with Crippen molar-refractivity contribution in [2.75, 3.05) is 13.2 Å². The molecule has 1 aliphatic rings. The fourth-order valence-corrected chi connectivity index (χ4v) is 1.64. The van der Waals surface area contributed by atoms with Crippen LogP contribution in [0.4, 0.5) is 4.79 Å². The van der Waals surface area contributed by atoms with Gasteiger partial charge in [-0.05, 0) is 12.1 Å². The van der Waals surface area contributed by atoms with Gasteiger partial charge < -0.3 is 4.74 Å². The Labute approximate surface area is 102 Å². The fraction of sp³-hybridized carbons (Fsp3) is 0.182. The van der Waals surface area contributed by atoms with Gasteiger partial charge in [-0.2, -0.15) is 0 Å². The van der Waals surface area contributed by atoms with Crippen LogP contribution in [0.25, 0.3) is 0 Å².